The third kappa shape index (κ3) is 3.95. The molecule has 4 aliphatic carbocycles. The largest absolute Gasteiger partial charge is 0.390 e. The zero-order valence-corrected chi connectivity index (χ0v) is 21.2. The Balaban J connectivity index is 1.55. The number of methoxy groups -OCH3 is 1. The fourth-order valence-corrected chi connectivity index (χ4v) is 8.91. The summed E-state index contributed by atoms with van der Waals surface area (Å²) in [5.41, 5.74) is 0.832. The van der Waals surface area contributed by atoms with Crippen molar-refractivity contribution in [3.63, 3.8) is 0 Å². The van der Waals surface area contributed by atoms with E-state index >= 15 is 0 Å². The van der Waals surface area contributed by atoms with Crippen molar-refractivity contribution in [3.8, 4) is 0 Å². The molecule has 2 N–H and O–H groups in total. The van der Waals surface area contributed by atoms with Gasteiger partial charge < -0.3 is 14.9 Å². The second-order valence-corrected chi connectivity index (χ2v) is 13.3. The normalized spacial score (nSPS) is 48.4. The van der Waals surface area contributed by atoms with Gasteiger partial charge in [-0.05, 0) is 119 Å². The number of fused-ring (bicyclic) bond motifs is 5. The molecule has 4 rings (SSSR count). The average Bonchev–Trinajstić information content (AvgIpc) is 3.02. The SMILES string of the molecule is COC1CC2(C)C(=CCC3C2CCC2(C)C(C(C)CCC(C)(C)O)CCC32)CC1(C)O. The molecule has 0 aromatic carbocycles. The summed E-state index contributed by atoms with van der Waals surface area (Å²) in [6.07, 6.45) is 12.8. The molecule has 0 radical (unpaired) electrons. The topological polar surface area (TPSA) is 49.7 Å². The van der Waals surface area contributed by atoms with Crippen molar-refractivity contribution < 1.29 is 14.9 Å². The Morgan fingerprint density at radius 1 is 1.16 bits per heavy atom. The minimum atomic E-state index is -0.746. The van der Waals surface area contributed by atoms with E-state index in [-0.39, 0.29) is 11.5 Å². The first kappa shape index (κ1) is 23.8. The van der Waals surface area contributed by atoms with Crippen molar-refractivity contribution in [2.24, 2.45) is 40.4 Å². The Morgan fingerprint density at radius 3 is 2.52 bits per heavy atom. The van der Waals surface area contributed by atoms with Crippen molar-refractivity contribution in [3.05, 3.63) is 11.6 Å². The van der Waals surface area contributed by atoms with Crippen LogP contribution in [0.15, 0.2) is 11.6 Å². The summed E-state index contributed by atoms with van der Waals surface area (Å²) in [5.74, 6) is 3.80. The van der Waals surface area contributed by atoms with Crippen molar-refractivity contribution in [2.45, 2.75) is 117 Å². The van der Waals surface area contributed by atoms with Crippen LogP contribution in [0.5, 0.6) is 0 Å². The molecule has 0 aliphatic heterocycles. The predicted octanol–water partition coefficient (Wildman–Crippen LogP) is 6.13. The van der Waals surface area contributed by atoms with Crippen LogP contribution in [0.2, 0.25) is 0 Å². The van der Waals surface area contributed by atoms with E-state index in [1.165, 1.54) is 37.7 Å². The maximum absolute atomic E-state index is 11.0. The highest BCUT2D eigenvalue weighted by Gasteiger charge is 2.61. The maximum Gasteiger partial charge on any atom is 0.0917 e. The number of aliphatic hydroxyl groups is 2. The second-order valence-electron chi connectivity index (χ2n) is 13.3. The molecule has 0 aromatic heterocycles. The number of allylic oxidation sites excluding steroid dienone is 1. The summed E-state index contributed by atoms with van der Waals surface area (Å²) in [6, 6.07) is 0. The summed E-state index contributed by atoms with van der Waals surface area (Å²) in [6.45, 7) is 13.4. The molecule has 0 amide bonds. The lowest BCUT2D eigenvalue weighted by atomic mass is 9.46. The fraction of sp³-hybridized carbons (Fsp3) is 0.929. The van der Waals surface area contributed by atoms with Crippen LogP contribution in [0.25, 0.3) is 0 Å². The van der Waals surface area contributed by atoms with Crippen LogP contribution in [0.3, 0.4) is 0 Å². The standard InChI is InChI=1S/C28H48O3/c1-18(12-14-25(2,3)29)21-10-11-22-20-9-8-19-16-28(6,30)24(31-7)17-27(19,5)23(20)13-15-26(21,22)4/h8,18,20-24,29-30H,9-17H2,1-7H3. The van der Waals surface area contributed by atoms with Gasteiger partial charge >= 0.3 is 0 Å². The van der Waals surface area contributed by atoms with Crippen molar-refractivity contribution in [1.29, 1.82) is 0 Å². The molecule has 3 fully saturated rings. The molecule has 3 saturated carbocycles. The molecule has 3 heteroatoms. The number of hydrogen-bond donors (Lipinski definition) is 2. The van der Waals surface area contributed by atoms with Gasteiger partial charge in [0.2, 0.25) is 0 Å². The second kappa shape index (κ2) is 7.84. The zero-order chi connectivity index (χ0) is 22.8. The Labute approximate surface area is 191 Å². The number of rotatable bonds is 5. The van der Waals surface area contributed by atoms with Gasteiger partial charge in [-0.2, -0.15) is 0 Å². The van der Waals surface area contributed by atoms with E-state index in [2.05, 4.69) is 26.8 Å². The molecule has 0 bridgehead atoms. The van der Waals surface area contributed by atoms with Crippen LogP contribution in [0.1, 0.15) is 99.3 Å². The molecule has 4 aliphatic rings. The molecular weight excluding hydrogens is 384 g/mol. The molecule has 0 aromatic rings. The minimum Gasteiger partial charge on any atom is -0.390 e. The first-order valence-corrected chi connectivity index (χ1v) is 13.0. The maximum atomic E-state index is 11.0. The summed E-state index contributed by atoms with van der Waals surface area (Å²) in [5, 5.41) is 21.2. The van der Waals surface area contributed by atoms with Crippen LogP contribution >= 0.6 is 0 Å². The molecule has 31 heavy (non-hydrogen) atoms. The summed E-state index contributed by atoms with van der Waals surface area (Å²) in [4.78, 5) is 0. The Morgan fingerprint density at radius 2 is 1.87 bits per heavy atom. The van der Waals surface area contributed by atoms with Gasteiger partial charge in [-0.25, -0.2) is 0 Å². The van der Waals surface area contributed by atoms with Crippen LogP contribution < -0.4 is 0 Å². The van der Waals surface area contributed by atoms with Gasteiger partial charge in [-0.1, -0.05) is 32.4 Å². The Hall–Kier alpha value is -0.380. The summed E-state index contributed by atoms with van der Waals surface area (Å²) in [7, 11) is 1.77. The van der Waals surface area contributed by atoms with Gasteiger partial charge in [0, 0.05) is 7.11 Å². The lowest BCUT2D eigenvalue weighted by molar-refractivity contribution is -0.139. The van der Waals surface area contributed by atoms with Gasteiger partial charge in [0.05, 0.1) is 17.3 Å². The molecule has 178 valence electrons. The smallest absolute Gasteiger partial charge is 0.0917 e. The lowest BCUT2D eigenvalue weighted by Crippen LogP contribution is -2.56. The van der Waals surface area contributed by atoms with Gasteiger partial charge in [-0.3, -0.25) is 0 Å². The third-order valence-electron chi connectivity index (χ3n) is 10.7. The highest BCUT2D eigenvalue weighted by atomic mass is 16.5. The monoisotopic (exact) mass is 432 g/mol. The van der Waals surface area contributed by atoms with Crippen LogP contribution in [-0.4, -0.2) is 34.6 Å². The first-order valence-electron chi connectivity index (χ1n) is 13.0. The fourth-order valence-electron chi connectivity index (χ4n) is 8.91. The predicted molar refractivity (Wildman–Crippen MR) is 127 cm³/mol. The van der Waals surface area contributed by atoms with Crippen molar-refractivity contribution in [1.82, 2.24) is 0 Å². The number of hydrogen-bond acceptors (Lipinski definition) is 3. The third-order valence-corrected chi connectivity index (χ3v) is 10.7. The van der Waals surface area contributed by atoms with E-state index in [1.807, 2.05) is 20.8 Å². The van der Waals surface area contributed by atoms with E-state index in [0.29, 0.717) is 11.3 Å². The molecule has 3 nitrogen and oxygen atoms in total. The molecule has 0 saturated heterocycles. The average molecular weight is 433 g/mol. The quantitative estimate of drug-likeness (QED) is 0.514. The van der Waals surface area contributed by atoms with E-state index in [0.717, 1.165) is 49.4 Å². The summed E-state index contributed by atoms with van der Waals surface area (Å²) >= 11 is 0. The first-order chi connectivity index (χ1) is 14.3. The van der Waals surface area contributed by atoms with Gasteiger partial charge in [0.1, 0.15) is 0 Å². The molecule has 0 spiro atoms. The van der Waals surface area contributed by atoms with E-state index in [9.17, 15) is 10.2 Å². The van der Waals surface area contributed by atoms with Crippen LogP contribution in [0, 0.1) is 40.4 Å². The van der Waals surface area contributed by atoms with Gasteiger partial charge in [0.15, 0.2) is 0 Å². The van der Waals surface area contributed by atoms with Gasteiger partial charge in [0.25, 0.3) is 0 Å². The molecule has 9 unspecified atom stereocenters. The molecular formula is C28H48O3. The zero-order valence-electron chi connectivity index (χ0n) is 21.2. The molecule has 0 heterocycles. The highest BCUT2D eigenvalue weighted by Crippen LogP contribution is 2.67. The van der Waals surface area contributed by atoms with Crippen LogP contribution in [-0.2, 0) is 4.74 Å². The van der Waals surface area contributed by atoms with Crippen LogP contribution in [0.4, 0.5) is 0 Å². The van der Waals surface area contributed by atoms with E-state index in [1.54, 1.807) is 7.11 Å². The van der Waals surface area contributed by atoms with E-state index < -0.39 is 11.2 Å². The Bertz CT molecular complexity index is 704. The molecule has 9 atom stereocenters. The van der Waals surface area contributed by atoms with Crippen molar-refractivity contribution >= 4 is 0 Å². The van der Waals surface area contributed by atoms with Crippen molar-refractivity contribution in [2.75, 3.05) is 7.11 Å². The minimum absolute atomic E-state index is 0.0695. The van der Waals surface area contributed by atoms with Gasteiger partial charge in [-0.15, -0.1) is 0 Å². The Kier molecular flexibility index (Phi) is 6.01. The number of ether oxygens (including phenoxy) is 1. The lowest BCUT2D eigenvalue weighted by Gasteiger charge is -2.60. The highest BCUT2D eigenvalue weighted by molar-refractivity contribution is 5.28. The summed E-state index contributed by atoms with van der Waals surface area (Å²) < 4.78 is 5.81. The van der Waals surface area contributed by atoms with E-state index in [4.69, 9.17) is 4.74 Å².